The van der Waals surface area contributed by atoms with Crippen molar-refractivity contribution in [3.8, 4) is 5.75 Å². The van der Waals surface area contributed by atoms with Crippen LogP contribution in [0.5, 0.6) is 5.75 Å². The highest BCUT2D eigenvalue weighted by Gasteiger charge is 2.05. The molecule has 2 aromatic rings. The van der Waals surface area contributed by atoms with Gasteiger partial charge in [0.15, 0.2) is 0 Å². The molecule has 0 aliphatic carbocycles. The van der Waals surface area contributed by atoms with E-state index in [2.05, 4.69) is 10.4 Å². The minimum atomic E-state index is -0.564. The molecule has 5 heteroatoms. The maximum atomic E-state index is 9.76. The number of nitrogens with one attached hydrogen (secondary N) is 1. The number of aliphatic hydroxyl groups is 1. The minimum Gasteiger partial charge on any atom is -0.491 e. The zero-order chi connectivity index (χ0) is 12.8. The molecule has 96 valence electrons. The standard InChI is InChI=1S/C13H17N3O2/c1-16-9-11(7-15-16)14-8-12(17)10-18-13-5-3-2-4-6-13/h2-7,9,12,14,17H,8,10H2,1H3. The monoisotopic (exact) mass is 247 g/mol. The predicted octanol–water partition coefficient (Wildman–Crippen LogP) is 1.27. The van der Waals surface area contributed by atoms with Crippen LogP contribution < -0.4 is 10.1 Å². The first-order chi connectivity index (χ1) is 8.74. The molecule has 0 aliphatic rings. The van der Waals surface area contributed by atoms with Gasteiger partial charge in [-0.1, -0.05) is 18.2 Å². The van der Waals surface area contributed by atoms with E-state index in [9.17, 15) is 5.11 Å². The molecule has 1 aromatic heterocycles. The Morgan fingerprint density at radius 1 is 1.39 bits per heavy atom. The largest absolute Gasteiger partial charge is 0.491 e. The van der Waals surface area contributed by atoms with E-state index in [1.165, 1.54) is 0 Å². The fourth-order valence-electron chi connectivity index (χ4n) is 1.52. The van der Waals surface area contributed by atoms with Crippen LogP contribution in [0.2, 0.25) is 0 Å². The molecule has 18 heavy (non-hydrogen) atoms. The number of aryl methyl sites for hydroxylation is 1. The van der Waals surface area contributed by atoms with E-state index in [1.807, 2.05) is 43.6 Å². The third kappa shape index (κ3) is 3.78. The number of aromatic nitrogens is 2. The van der Waals surface area contributed by atoms with Gasteiger partial charge in [0, 0.05) is 19.8 Å². The fraction of sp³-hybridized carbons (Fsp3) is 0.308. The molecule has 1 unspecified atom stereocenters. The number of anilines is 1. The molecule has 0 saturated heterocycles. The van der Waals surface area contributed by atoms with Gasteiger partial charge >= 0.3 is 0 Å². The summed E-state index contributed by atoms with van der Waals surface area (Å²) in [7, 11) is 1.85. The third-order valence-corrected chi connectivity index (χ3v) is 2.43. The molecular formula is C13H17N3O2. The Balaban J connectivity index is 1.71. The van der Waals surface area contributed by atoms with Crippen molar-refractivity contribution in [3.05, 3.63) is 42.7 Å². The van der Waals surface area contributed by atoms with Crippen molar-refractivity contribution in [1.29, 1.82) is 0 Å². The normalized spacial score (nSPS) is 12.1. The van der Waals surface area contributed by atoms with E-state index in [-0.39, 0.29) is 6.61 Å². The number of ether oxygens (including phenoxy) is 1. The Bertz CT molecular complexity index is 470. The molecule has 1 heterocycles. The van der Waals surface area contributed by atoms with Crippen LogP contribution in [-0.2, 0) is 7.05 Å². The second-order valence-corrected chi connectivity index (χ2v) is 4.06. The lowest BCUT2D eigenvalue weighted by atomic mass is 10.3. The molecule has 0 fully saturated rings. The van der Waals surface area contributed by atoms with Crippen molar-refractivity contribution >= 4 is 5.69 Å². The molecule has 0 radical (unpaired) electrons. The Kier molecular flexibility index (Phi) is 4.20. The van der Waals surface area contributed by atoms with Gasteiger partial charge < -0.3 is 15.2 Å². The molecule has 0 spiro atoms. The Morgan fingerprint density at radius 2 is 2.17 bits per heavy atom. The van der Waals surface area contributed by atoms with Gasteiger partial charge in [0.2, 0.25) is 0 Å². The summed E-state index contributed by atoms with van der Waals surface area (Å²) in [6, 6.07) is 9.45. The first-order valence-electron chi connectivity index (χ1n) is 5.82. The van der Waals surface area contributed by atoms with Crippen molar-refractivity contribution in [3.63, 3.8) is 0 Å². The van der Waals surface area contributed by atoms with Crippen LogP contribution in [-0.4, -0.2) is 34.1 Å². The molecule has 2 N–H and O–H groups in total. The molecule has 0 saturated carbocycles. The van der Waals surface area contributed by atoms with E-state index in [0.717, 1.165) is 11.4 Å². The highest BCUT2D eigenvalue weighted by atomic mass is 16.5. The smallest absolute Gasteiger partial charge is 0.119 e. The molecule has 2 rings (SSSR count). The van der Waals surface area contributed by atoms with Gasteiger partial charge in [-0.15, -0.1) is 0 Å². The molecule has 5 nitrogen and oxygen atoms in total. The minimum absolute atomic E-state index is 0.261. The van der Waals surface area contributed by atoms with Crippen molar-refractivity contribution in [2.45, 2.75) is 6.10 Å². The lowest BCUT2D eigenvalue weighted by Gasteiger charge is -2.13. The van der Waals surface area contributed by atoms with Gasteiger partial charge in [-0.05, 0) is 12.1 Å². The van der Waals surface area contributed by atoms with Crippen LogP contribution in [0.25, 0.3) is 0 Å². The number of nitrogens with zero attached hydrogens (tertiary/aromatic N) is 2. The average Bonchev–Trinajstić information content (AvgIpc) is 2.81. The van der Waals surface area contributed by atoms with Crippen LogP contribution in [0.3, 0.4) is 0 Å². The van der Waals surface area contributed by atoms with E-state index < -0.39 is 6.10 Å². The number of hydrogen-bond donors (Lipinski definition) is 2. The Hall–Kier alpha value is -2.01. The first kappa shape index (κ1) is 12.4. The SMILES string of the molecule is Cn1cc(NCC(O)COc2ccccc2)cn1. The van der Waals surface area contributed by atoms with Crippen LogP contribution in [0.1, 0.15) is 0 Å². The summed E-state index contributed by atoms with van der Waals surface area (Å²) < 4.78 is 7.15. The molecular weight excluding hydrogens is 230 g/mol. The van der Waals surface area contributed by atoms with Crippen molar-refractivity contribution in [2.24, 2.45) is 7.05 Å². The number of benzene rings is 1. The van der Waals surface area contributed by atoms with Crippen molar-refractivity contribution in [2.75, 3.05) is 18.5 Å². The summed E-state index contributed by atoms with van der Waals surface area (Å²) in [5, 5.41) is 16.9. The molecule has 1 atom stereocenters. The second kappa shape index (κ2) is 6.07. The molecule has 0 amide bonds. The maximum absolute atomic E-state index is 9.76. The number of aliphatic hydroxyl groups excluding tert-OH is 1. The van der Waals surface area contributed by atoms with Crippen LogP contribution >= 0.6 is 0 Å². The maximum Gasteiger partial charge on any atom is 0.119 e. The van der Waals surface area contributed by atoms with Crippen molar-refractivity contribution in [1.82, 2.24) is 9.78 Å². The van der Waals surface area contributed by atoms with Gasteiger partial charge in [0.25, 0.3) is 0 Å². The zero-order valence-corrected chi connectivity index (χ0v) is 10.3. The quantitative estimate of drug-likeness (QED) is 0.807. The number of hydrogen-bond acceptors (Lipinski definition) is 4. The predicted molar refractivity (Wildman–Crippen MR) is 69.6 cm³/mol. The molecule has 1 aromatic carbocycles. The zero-order valence-electron chi connectivity index (χ0n) is 10.3. The number of para-hydroxylation sites is 1. The summed E-state index contributed by atoms with van der Waals surface area (Å²) in [6.07, 6.45) is 3.00. The van der Waals surface area contributed by atoms with Crippen LogP contribution in [0, 0.1) is 0 Å². The number of rotatable bonds is 6. The fourth-order valence-corrected chi connectivity index (χ4v) is 1.52. The summed E-state index contributed by atoms with van der Waals surface area (Å²) in [5.74, 6) is 0.762. The van der Waals surface area contributed by atoms with E-state index >= 15 is 0 Å². The topological polar surface area (TPSA) is 59.3 Å². The van der Waals surface area contributed by atoms with Gasteiger partial charge in [-0.25, -0.2) is 0 Å². The lowest BCUT2D eigenvalue weighted by Crippen LogP contribution is -2.26. The van der Waals surface area contributed by atoms with Gasteiger partial charge in [-0.3, -0.25) is 4.68 Å². The average molecular weight is 247 g/mol. The van der Waals surface area contributed by atoms with Crippen molar-refractivity contribution < 1.29 is 9.84 Å². The summed E-state index contributed by atoms with van der Waals surface area (Å²) in [4.78, 5) is 0. The van der Waals surface area contributed by atoms with E-state index in [0.29, 0.717) is 6.54 Å². The Morgan fingerprint density at radius 3 is 2.83 bits per heavy atom. The van der Waals surface area contributed by atoms with E-state index in [4.69, 9.17) is 4.74 Å². The highest BCUT2D eigenvalue weighted by Crippen LogP contribution is 2.09. The molecule has 0 bridgehead atoms. The van der Waals surface area contributed by atoms with E-state index in [1.54, 1.807) is 10.9 Å². The highest BCUT2D eigenvalue weighted by molar-refractivity contribution is 5.38. The summed E-state index contributed by atoms with van der Waals surface area (Å²) in [6.45, 7) is 0.690. The lowest BCUT2D eigenvalue weighted by molar-refractivity contribution is 0.117. The third-order valence-electron chi connectivity index (χ3n) is 2.43. The van der Waals surface area contributed by atoms with Gasteiger partial charge in [0.05, 0.1) is 11.9 Å². The van der Waals surface area contributed by atoms with Gasteiger partial charge in [-0.2, -0.15) is 5.10 Å². The summed E-state index contributed by atoms with van der Waals surface area (Å²) in [5.41, 5.74) is 0.885. The summed E-state index contributed by atoms with van der Waals surface area (Å²) >= 11 is 0. The van der Waals surface area contributed by atoms with Crippen LogP contribution in [0.4, 0.5) is 5.69 Å². The van der Waals surface area contributed by atoms with Crippen LogP contribution in [0.15, 0.2) is 42.7 Å². The van der Waals surface area contributed by atoms with Gasteiger partial charge in [0.1, 0.15) is 18.5 Å². The first-order valence-corrected chi connectivity index (χ1v) is 5.82. The Labute approximate surface area is 106 Å². The second-order valence-electron chi connectivity index (χ2n) is 4.06. The molecule has 0 aliphatic heterocycles.